The SMILES string of the molecule is COc1ccccc1-c1cc(COC(=O)c2cccc(OC)c2O)on1. The first-order valence-electron chi connectivity index (χ1n) is 7.76. The molecule has 3 aromatic rings. The molecule has 0 amide bonds. The molecule has 2 aromatic carbocycles. The first-order valence-corrected chi connectivity index (χ1v) is 7.76. The third-order valence-electron chi connectivity index (χ3n) is 3.73. The van der Waals surface area contributed by atoms with Gasteiger partial charge in [-0.05, 0) is 24.3 Å². The van der Waals surface area contributed by atoms with Crippen molar-refractivity contribution in [1.29, 1.82) is 0 Å². The monoisotopic (exact) mass is 355 g/mol. The molecule has 7 nitrogen and oxygen atoms in total. The number of methoxy groups -OCH3 is 2. The highest BCUT2D eigenvalue weighted by Crippen LogP contribution is 2.31. The number of hydrogen-bond acceptors (Lipinski definition) is 7. The standard InChI is InChI=1S/C19H17NO6/c1-23-16-8-4-3-6-13(16)15-10-12(26-20-15)11-25-19(22)14-7-5-9-17(24-2)18(14)21/h3-10,21H,11H2,1-2H3. The fraction of sp³-hybridized carbons (Fsp3) is 0.158. The molecule has 0 bridgehead atoms. The number of aromatic hydroxyl groups is 1. The summed E-state index contributed by atoms with van der Waals surface area (Å²) in [6.45, 7) is -0.127. The van der Waals surface area contributed by atoms with Crippen molar-refractivity contribution in [1.82, 2.24) is 5.16 Å². The Balaban J connectivity index is 1.71. The largest absolute Gasteiger partial charge is 0.504 e. The smallest absolute Gasteiger partial charge is 0.342 e. The quantitative estimate of drug-likeness (QED) is 0.677. The number of carbonyl (C=O) groups excluding carboxylic acids is 1. The minimum absolute atomic E-state index is 0.00816. The van der Waals surface area contributed by atoms with Crippen LogP contribution in [0.3, 0.4) is 0 Å². The summed E-state index contributed by atoms with van der Waals surface area (Å²) >= 11 is 0. The summed E-state index contributed by atoms with van der Waals surface area (Å²) in [6, 6.07) is 13.6. The van der Waals surface area contributed by atoms with E-state index in [0.717, 1.165) is 5.56 Å². The number of benzene rings is 2. The van der Waals surface area contributed by atoms with Crippen LogP contribution in [-0.4, -0.2) is 30.5 Å². The van der Waals surface area contributed by atoms with E-state index in [1.54, 1.807) is 25.3 Å². The minimum Gasteiger partial charge on any atom is -0.504 e. The molecule has 26 heavy (non-hydrogen) atoms. The van der Waals surface area contributed by atoms with Crippen molar-refractivity contribution in [2.24, 2.45) is 0 Å². The zero-order chi connectivity index (χ0) is 18.5. The Bertz CT molecular complexity index is 918. The number of para-hydroxylation sites is 2. The maximum absolute atomic E-state index is 12.2. The van der Waals surface area contributed by atoms with Crippen molar-refractivity contribution >= 4 is 5.97 Å². The lowest BCUT2D eigenvalue weighted by atomic mass is 10.1. The van der Waals surface area contributed by atoms with Gasteiger partial charge in [0.2, 0.25) is 0 Å². The van der Waals surface area contributed by atoms with Crippen molar-refractivity contribution in [3.63, 3.8) is 0 Å². The van der Waals surface area contributed by atoms with Crippen molar-refractivity contribution in [2.75, 3.05) is 14.2 Å². The van der Waals surface area contributed by atoms with Gasteiger partial charge in [-0.15, -0.1) is 0 Å². The maximum Gasteiger partial charge on any atom is 0.342 e. The van der Waals surface area contributed by atoms with E-state index in [2.05, 4.69) is 5.16 Å². The van der Waals surface area contributed by atoms with Crippen LogP contribution in [0, 0.1) is 0 Å². The molecule has 0 atom stereocenters. The van der Waals surface area contributed by atoms with Gasteiger partial charge < -0.3 is 23.8 Å². The number of nitrogens with zero attached hydrogens (tertiary/aromatic N) is 1. The topological polar surface area (TPSA) is 91.0 Å². The van der Waals surface area contributed by atoms with E-state index in [4.69, 9.17) is 18.7 Å². The number of esters is 1. The maximum atomic E-state index is 12.2. The number of phenolic OH excluding ortho intramolecular Hbond substituents is 1. The van der Waals surface area contributed by atoms with Gasteiger partial charge in [-0.25, -0.2) is 4.79 Å². The highest BCUT2D eigenvalue weighted by atomic mass is 16.6. The van der Waals surface area contributed by atoms with Crippen molar-refractivity contribution in [3.8, 4) is 28.5 Å². The molecule has 134 valence electrons. The van der Waals surface area contributed by atoms with Gasteiger partial charge in [0.15, 0.2) is 23.9 Å². The molecule has 0 spiro atoms. The normalized spacial score (nSPS) is 10.4. The zero-order valence-electron chi connectivity index (χ0n) is 14.3. The fourth-order valence-electron chi connectivity index (χ4n) is 2.43. The third-order valence-corrected chi connectivity index (χ3v) is 3.73. The molecular weight excluding hydrogens is 338 g/mol. The van der Waals surface area contributed by atoms with Crippen LogP contribution in [0.2, 0.25) is 0 Å². The Labute approximate surface area is 149 Å². The second-order valence-electron chi connectivity index (χ2n) is 5.31. The molecule has 7 heteroatoms. The summed E-state index contributed by atoms with van der Waals surface area (Å²) in [4.78, 5) is 12.2. The molecule has 1 N–H and O–H groups in total. The Morgan fingerprint density at radius 2 is 1.81 bits per heavy atom. The summed E-state index contributed by atoms with van der Waals surface area (Å²) in [6.07, 6.45) is 0. The Morgan fingerprint density at radius 3 is 2.58 bits per heavy atom. The van der Waals surface area contributed by atoms with Gasteiger partial charge in [0.1, 0.15) is 17.0 Å². The third kappa shape index (κ3) is 3.46. The van der Waals surface area contributed by atoms with Crippen LogP contribution in [0.5, 0.6) is 17.2 Å². The van der Waals surface area contributed by atoms with E-state index in [-0.39, 0.29) is 23.7 Å². The van der Waals surface area contributed by atoms with Gasteiger partial charge in [-0.2, -0.15) is 0 Å². The number of aromatic nitrogens is 1. The van der Waals surface area contributed by atoms with Crippen LogP contribution in [0.25, 0.3) is 11.3 Å². The van der Waals surface area contributed by atoms with E-state index in [9.17, 15) is 9.90 Å². The van der Waals surface area contributed by atoms with Crippen LogP contribution < -0.4 is 9.47 Å². The number of ether oxygens (including phenoxy) is 3. The van der Waals surface area contributed by atoms with E-state index in [1.165, 1.54) is 13.2 Å². The summed E-state index contributed by atoms with van der Waals surface area (Å²) in [5.74, 6) is 0.244. The fourth-order valence-corrected chi connectivity index (χ4v) is 2.43. The lowest BCUT2D eigenvalue weighted by molar-refractivity contribution is 0.0433. The average Bonchev–Trinajstić information content (AvgIpc) is 3.15. The molecule has 0 saturated heterocycles. The molecule has 0 saturated carbocycles. The average molecular weight is 355 g/mol. The molecule has 1 aromatic heterocycles. The van der Waals surface area contributed by atoms with E-state index in [0.29, 0.717) is 17.2 Å². The predicted octanol–water partition coefficient (Wildman–Crippen LogP) is 3.42. The lowest BCUT2D eigenvalue weighted by Gasteiger charge is -2.07. The van der Waals surface area contributed by atoms with Gasteiger partial charge in [0, 0.05) is 11.6 Å². The van der Waals surface area contributed by atoms with Gasteiger partial charge >= 0.3 is 5.97 Å². The molecule has 3 rings (SSSR count). The molecule has 0 aliphatic carbocycles. The van der Waals surface area contributed by atoms with Crippen molar-refractivity contribution in [2.45, 2.75) is 6.61 Å². The highest BCUT2D eigenvalue weighted by molar-refractivity contribution is 5.93. The number of hydrogen-bond donors (Lipinski definition) is 1. The molecule has 0 aliphatic heterocycles. The van der Waals surface area contributed by atoms with Gasteiger partial charge in [0.05, 0.1) is 14.2 Å². The summed E-state index contributed by atoms with van der Waals surface area (Å²) in [7, 11) is 2.97. The Morgan fingerprint density at radius 1 is 1.08 bits per heavy atom. The molecule has 0 unspecified atom stereocenters. The Kier molecular flexibility index (Phi) is 5.07. The molecule has 0 radical (unpaired) electrons. The predicted molar refractivity (Wildman–Crippen MR) is 92.3 cm³/mol. The second kappa shape index (κ2) is 7.60. The minimum atomic E-state index is -0.698. The van der Waals surface area contributed by atoms with Crippen LogP contribution >= 0.6 is 0 Å². The molecule has 0 fully saturated rings. The van der Waals surface area contributed by atoms with Crippen molar-refractivity contribution in [3.05, 3.63) is 59.9 Å². The first kappa shape index (κ1) is 17.3. The first-order chi connectivity index (χ1) is 12.6. The summed E-state index contributed by atoms with van der Waals surface area (Å²) < 4.78 is 20.7. The van der Waals surface area contributed by atoms with Crippen molar-refractivity contribution < 1.29 is 28.6 Å². The number of phenols is 1. The van der Waals surface area contributed by atoms with Crippen LogP contribution in [0.4, 0.5) is 0 Å². The van der Waals surface area contributed by atoms with E-state index >= 15 is 0 Å². The van der Waals surface area contributed by atoms with Crippen LogP contribution in [0.15, 0.2) is 53.1 Å². The Hall–Kier alpha value is -3.48. The lowest BCUT2D eigenvalue weighted by Crippen LogP contribution is -2.05. The van der Waals surface area contributed by atoms with E-state index < -0.39 is 5.97 Å². The number of carbonyl (C=O) groups is 1. The van der Waals surface area contributed by atoms with Gasteiger partial charge in [-0.3, -0.25) is 0 Å². The van der Waals surface area contributed by atoms with Gasteiger partial charge in [-0.1, -0.05) is 23.4 Å². The van der Waals surface area contributed by atoms with Crippen LogP contribution in [-0.2, 0) is 11.3 Å². The summed E-state index contributed by atoms with van der Waals surface area (Å²) in [5.41, 5.74) is 1.34. The zero-order valence-corrected chi connectivity index (χ0v) is 14.3. The van der Waals surface area contributed by atoms with Gasteiger partial charge in [0.25, 0.3) is 0 Å². The molecule has 1 heterocycles. The summed E-state index contributed by atoms with van der Waals surface area (Å²) in [5, 5.41) is 14.0. The van der Waals surface area contributed by atoms with E-state index in [1.807, 2.05) is 24.3 Å². The molecule has 0 aliphatic rings. The second-order valence-corrected chi connectivity index (χ2v) is 5.31. The molecular formula is C19H17NO6. The number of rotatable bonds is 6. The highest BCUT2D eigenvalue weighted by Gasteiger charge is 2.18. The van der Waals surface area contributed by atoms with Crippen LogP contribution in [0.1, 0.15) is 16.1 Å².